The highest BCUT2D eigenvalue weighted by Gasteiger charge is 2.16. The van der Waals surface area contributed by atoms with Crippen LogP contribution >= 0.6 is 0 Å². The molecule has 3 aromatic rings. The number of anilines is 1. The van der Waals surface area contributed by atoms with Gasteiger partial charge in [0, 0.05) is 31.4 Å². The first-order valence-corrected chi connectivity index (χ1v) is 8.70. The van der Waals surface area contributed by atoms with E-state index in [0.717, 1.165) is 30.2 Å². The number of morpholine rings is 1. The summed E-state index contributed by atoms with van der Waals surface area (Å²) >= 11 is 0. The fourth-order valence-electron chi connectivity index (χ4n) is 3.13. The Bertz CT molecular complexity index is 999. The number of rotatable bonds is 4. The van der Waals surface area contributed by atoms with Gasteiger partial charge in [-0.3, -0.25) is 14.9 Å². The molecule has 7 nitrogen and oxygen atoms in total. The Hall–Kier alpha value is -2.93. The Morgan fingerprint density at radius 2 is 2.12 bits per heavy atom. The van der Waals surface area contributed by atoms with Crippen molar-refractivity contribution in [2.75, 3.05) is 31.2 Å². The van der Waals surface area contributed by atoms with Gasteiger partial charge in [-0.05, 0) is 12.5 Å². The van der Waals surface area contributed by atoms with Crippen molar-refractivity contribution in [3.8, 4) is 0 Å². The van der Waals surface area contributed by atoms with Gasteiger partial charge < -0.3 is 9.64 Å². The van der Waals surface area contributed by atoms with Crippen LogP contribution in [0.25, 0.3) is 5.65 Å². The third-order valence-corrected chi connectivity index (χ3v) is 4.37. The van der Waals surface area contributed by atoms with Gasteiger partial charge in [0.2, 0.25) is 0 Å². The normalized spacial score (nSPS) is 15.2. The minimum Gasteiger partial charge on any atom is -0.378 e. The van der Waals surface area contributed by atoms with Crippen molar-refractivity contribution >= 4 is 17.7 Å². The van der Waals surface area contributed by atoms with Crippen LogP contribution in [-0.4, -0.2) is 47.1 Å². The summed E-state index contributed by atoms with van der Waals surface area (Å²) in [6.07, 6.45) is 1.86. The van der Waals surface area contributed by atoms with Crippen LogP contribution in [-0.2, 0) is 11.3 Å². The van der Waals surface area contributed by atoms with Crippen LogP contribution in [0.4, 0.5) is 5.82 Å². The van der Waals surface area contributed by atoms with Crippen molar-refractivity contribution in [3.05, 3.63) is 63.6 Å². The summed E-state index contributed by atoms with van der Waals surface area (Å²) in [5.74, 6) is 0.918. The molecule has 7 heteroatoms. The average Bonchev–Trinajstić information content (AvgIpc) is 3.02. The van der Waals surface area contributed by atoms with Crippen molar-refractivity contribution in [2.45, 2.75) is 13.5 Å². The number of aryl methyl sites for hydroxylation is 1. The second-order valence-corrected chi connectivity index (χ2v) is 6.40. The molecule has 0 radical (unpaired) electrons. The maximum atomic E-state index is 11.8. The molecule has 1 aliphatic heterocycles. The lowest BCUT2D eigenvalue weighted by molar-refractivity contribution is 0.122. The van der Waals surface area contributed by atoms with Crippen LogP contribution in [0.1, 0.15) is 16.8 Å². The molecule has 0 amide bonds. The lowest BCUT2D eigenvalue weighted by Gasteiger charge is -2.29. The fraction of sp³-hybridized carbons (Fsp3) is 0.316. The number of nitrogens with zero attached hydrogens (tertiary/aromatic N) is 4. The highest BCUT2D eigenvalue weighted by molar-refractivity contribution is 5.79. The highest BCUT2D eigenvalue weighted by Crippen LogP contribution is 2.18. The molecule has 0 bridgehead atoms. The van der Waals surface area contributed by atoms with Crippen LogP contribution < -0.4 is 10.5 Å². The third kappa shape index (κ3) is 3.52. The second kappa shape index (κ2) is 7.13. The lowest BCUT2D eigenvalue weighted by atomic mass is 10.1. The van der Waals surface area contributed by atoms with E-state index in [-0.39, 0.29) is 5.56 Å². The number of hydrogen-bond acceptors (Lipinski definition) is 5. The summed E-state index contributed by atoms with van der Waals surface area (Å²) in [5, 5.41) is 2.82. The first-order valence-electron chi connectivity index (χ1n) is 8.70. The molecule has 0 saturated carbocycles. The Morgan fingerprint density at radius 1 is 1.27 bits per heavy atom. The maximum Gasteiger partial charge on any atom is 0.266 e. The van der Waals surface area contributed by atoms with Gasteiger partial charge in [0.1, 0.15) is 5.82 Å². The van der Waals surface area contributed by atoms with Gasteiger partial charge in [0.15, 0.2) is 5.65 Å². The Balaban J connectivity index is 1.63. The molecule has 1 N–H and O–H groups in total. The molecular formula is C19H21N5O2. The first kappa shape index (κ1) is 16.5. The van der Waals surface area contributed by atoms with Crippen LogP contribution in [0.15, 0.2) is 46.2 Å². The number of ether oxygens (including phenoxy) is 1. The van der Waals surface area contributed by atoms with Crippen molar-refractivity contribution < 1.29 is 4.74 Å². The zero-order chi connectivity index (χ0) is 17.9. The quantitative estimate of drug-likeness (QED) is 0.727. The predicted octanol–water partition coefficient (Wildman–Crippen LogP) is 1.79. The molecule has 1 saturated heterocycles. The van der Waals surface area contributed by atoms with Gasteiger partial charge in [0.05, 0.1) is 25.5 Å². The number of nitrogens with one attached hydrogen (secondary N) is 1. The number of fused-ring (bicyclic) bond motifs is 1. The standard InChI is InChI=1S/C19H21N5O2/c1-14-3-2-4-15(9-14)12-20-13-16-10-19(23-5-7-26-8-6-23)24-17(21-16)11-18(25)22-24/h2-4,9-12H,5-8,13H2,1H3,(H,22,25). The first-order chi connectivity index (χ1) is 12.7. The molecule has 3 heterocycles. The van der Waals surface area contributed by atoms with Crippen LogP contribution in [0.3, 0.4) is 0 Å². The summed E-state index contributed by atoms with van der Waals surface area (Å²) < 4.78 is 7.17. The van der Waals surface area contributed by atoms with Gasteiger partial charge in [-0.2, -0.15) is 0 Å². The van der Waals surface area contributed by atoms with Gasteiger partial charge in [0.25, 0.3) is 5.56 Å². The van der Waals surface area contributed by atoms with Crippen LogP contribution in [0.2, 0.25) is 0 Å². The molecule has 26 heavy (non-hydrogen) atoms. The lowest BCUT2D eigenvalue weighted by Crippen LogP contribution is -2.37. The molecule has 4 rings (SSSR count). The van der Waals surface area contributed by atoms with Crippen molar-refractivity contribution in [1.82, 2.24) is 14.6 Å². The van der Waals surface area contributed by atoms with Crippen LogP contribution in [0, 0.1) is 6.92 Å². The Morgan fingerprint density at radius 3 is 2.92 bits per heavy atom. The van der Waals surface area contributed by atoms with E-state index < -0.39 is 0 Å². The molecule has 1 fully saturated rings. The SMILES string of the molecule is Cc1cccc(C=NCc2cc(N3CCOCC3)n3[nH]c(=O)cc3n2)c1. The van der Waals surface area contributed by atoms with E-state index in [9.17, 15) is 4.79 Å². The second-order valence-electron chi connectivity index (χ2n) is 6.40. The van der Waals surface area contributed by atoms with E-state index in [4.69, 9.17) is 4.74 Å². The smallest absolute Gasteiger partial charge is 0.266 e. The number of aromatic nitrogens is 3. The van der Waals surface area contributed by atoms with Crippen LogP contribution in [0.5, 0.6) is 0 Å². The predicted molar refractivity (Wildman–Crippen MR) is 101 cm³/mol. The minimum absolute atomic E-state index is 0.160. The minimum atomic E-state index is -0.160. The summed E-state index contributed by atoms with van der Waals surface area (Å²) in [7, 11) is 0. The molecule has 0 unspecified atom stereocenters. The van der Waals surface area contributed by atoms with E-state index in [0.29, 0.717) is 25.4 Å². The number of aliphatic imine (C=N–C) groups is 1. The third-order valence-electron chi connectivity index (χ3n) is 4.37. The molecule has 0 spiro atoms. The Labute approximate surface area is 150 Å². The fourth-order valence-corrected chi connectivity index (χ4v) is 3.13. The van der Waals surface area contributed by atoms with Gasteiger partial charge in [-0.15, -0.1) is 0 Å². The zero-order valence-corrected chi connectivity index (χ0v) is 14.7. The monoisotopic (exact) mass is 351 g/mol. The molecule has 0 aliphatic carbocycles. The number of H-pyrrole nitrogens is 1. The highest BCUT2D eigenvalue weighted by atomic mass is 16.5. The summed E-state index contributed by atoms with van der Waals surface area (Å²) in [4.78, 5) is 23.1. The van der Waals surface area contributed by atoms with Crippen molar-refractivity contribution in [2.24, 2.45) is 4.99 Å². The topological polar surface area (TPSA) is 75.0 Å². The van der Waals surface area contributed by atoms with E-state index in [2.05, 4.69) is 39.0 Å². The van der Waals surface area contributed by atoms with Crippen molar-refractivity contribution in [3.63, 3.8) is 0 Å². The van der Waals surface area contributed by atoms with Gasteiger partial charge in [-0.25, -0.2) is 9.50 Å². The van der Waals surface area contributed by atoms with E-state index in [1.54, 1.807) is 4.52 Å². The van der Waals surface area contributed by atoms with E-state index >= 15 is 0 Å². The maximum absolute atomic E-state index is 11.8. The van der Waals surface area contributed by atoms with Gasteiger partial charge >= 0.3 is 0 Å². The summed E-state index contributed by atoms with van der Waals surface area (Å²) in [6, 6.07) is 11.7. The Kier molecular flexibility index (Phi) is 4.53. The molecule has 1 aliphatic rings. The number of aromatic amines is 1. The van der Waals surface area contributed by atoms with E-state index in [1.807, 2.05) is 24.4 Å². The molecule has 2 aromatic heterocycles. The molecular weight excluding hydrogens is 330 g/mol. The molecule has 134 valence electrons. The summed E-state index contributed by atoms with van der Waals surface area (Å²) in [6.45, 7) is 5.44. The average molecular weight is 351 g/mol. The largest absolute Gasteiger partial charge is 0.378 e. The van der Waals surface area contributed by atoms with Gasteiger partial charge in [-0.1, -0.05) is 29.8 Å². The number of benzene rings is 1. The van der Waals surface area contributed by atoms with Crippen molar-refractivity contribution in [1.29, 1.82) is 0 Å². The summed E-state index contributed by atoms with van der Waals surface area (Å²) in [5.41, 5.74) is 3.55. The van der Waals surface area contributed by atoms with E-state index in [1.165, 1.54) is 11.6 Å². The molecule has 0 atom stereocenters. The number of hydrogen-bond donors (Lipinski definition) is 1. The zero-order valence-electron chi connectivity index (χ0n) is 14.7. The molecule has 1 aromatic carbocycles.